The first-order valence-electron chi connectivity index (χ1n) is 7.66. The number of esters is 2. The van der Waals surface area contributed by atoms with Crippen LogP contribution < -0.4 is 5.73 Å². The van der Waals surface area contributed by atoms with Crippen LogP contribution in [-0.2, 0) is 31.9 Å². The molecule has 0 heterocycles. The van der Waals surface area contributed by atoms with E-state index in [0.29, 0.717) is 6.42 Å². The fourth-order valence-electron chi connectivity index (χ4n) is 1.87. The molecule has 0 saturated carbocycles. The predicted octanol–water partition coefficient (Wildman–Crippen LogP) is 2.50. The zero-order valence-electron chi connectivity index (χ0n) is 15.0. The van der Waals surface area contributed by atoms with Gasteiger partial charge in [0.15, 0.2) is 0 Å². The minimum Gasteiger partial charge on any atom is -0.469 e. The second-order valence-electron chi connectivity index (χ2n) is 6.21. The Labute approximate surface area is 139 Å². The van der Waals surface area contributed by atoms with Crippen molar-refractivity contribution in [3.05, 3.63) is 35.4 Å². The van der Waals surface area contributed by atoms with Crippen LogP contribution in [0.1, 0.15) is 38.8 Å². The first-order valence-corrected chi connectivity index (χ1v) is 7.66. The molecular weight excluding hydrogens is 294 g/mol. The molecule has 0 spiro atoms. The van der Waals surface area contributed by atoms with E-state index in [1.807, 2.05) is 52.0 Å². The summed E-state index contributed by atoms with van der Waals surface area (Å²) in [7, 11) is 2.87. The smallest absolute Gasteiger partial charge is 0.309 e. The standard InChI is InChI=1S/C17H24O4.CH5N/c1-12(16(19)21-17(2,3)4)10-13-6-8-14(9-7-13)11-15(18)20-5;1-2/h6-9,12H,10-11H2,1-5H3;2H2,1H3. The highest BCUT2D eigenvalue weighted by Crippen LogP contribution is 2.16. The maximum absolute atomic E-state index is 11.9. The molecule has 1 aromatic carbocycles. The topological polar surface area (TPSA) is 78.6 Å². The molecule has 0 radical (unpaired) electrons. The summed E-state index contributed by atoms with van der Waals surface area (Å²) in [6.07, 6.45) is 0.881. The Bertz CT molecular complexity index is 489. The van der Waals surface area contributed by atoms with Crippen LogP contribution in [0.5, 0.6) is 0 Å². The summed E-state index contributed by atoms with van der Waals surface area (Å²) >= 11 is 0. The predicted molar refractivity (Wildman–Crippen MR) is 91.0 cm³/mol. The average Bonchev–Trinajstić information content (AvgIpc) is 2.49. The zero-order valence-corrected chi connectivity index (χ0v) is 15.0. The van der Waals surface area contributed by atoms with Gasteiger partial charge in [-0.1, -0.05) is 31.2 Å². The molecule has 23 heavy (non-hydrogen) atoms. The molecule has 1 rings (SSSR count). The third kappa shape index (κ3) is 8.98. The molecule has 0 aliphatic carbocycles. The van der Waals surface area contributed by atoms with Gasteiger partial charge in [-0.2, -0.15) is 0 Å². The maximum Gasteiger partial charge on any atom is 0.309 e. The number of hydrogen-bond acceptors (Lipinski definition) is 5. The molecule has 1 aromatic rings. The molecule has 5 heteroatoms. The van der Waals surface area contributed by atoms with Crippen LogP contribution in [0.15, 0.2) is 24.3 Å². The van der Waals surface area contributed by atoms with Gasteiger partial charge >= 0.3 is 11.9 Å². The van der Waals surface area contributed by atoms with E-state index in [-0.39, 0.29) is 24.3 Å². The Morgan fingerprint density at radius 2 is 1.57 bits per heavy atom. The quantitative estimate of drug-likeness (QED) is 0.842. The molecule has 1 atom stereocenters. The van der Waals surface area contributed by atoms with Crippen molar-refractivity contribution in [2.24, 2.45) is 11.7 Å². The molecule has 0 bridgehead atoms. The minimum absolute atomic E-state index is 0.193. The Hall–Kier alpha value is -1.88. The summed E-state index contributed by atoms with van der Waals surface area (Å²) in [5, 5.41) is 0. The van der Waals surface area contributed by atoms with Crippen LogP contribution in [-0.4, -0.2) is 31.7 Å². The van der Waals surface area contributed by atoms with Crippen molar-refractivity contribution in [2.75, 3.05) is 14.2 Å². The van der Waals surface area contributed by atoms with Gasteiger partial charge in [0.2, 0.25) is 0 Å². The number of benzene rings is 1. The molecule has 0 fully saturated rings. The summed E-state index contributed by atoms with van der Waals surface area (Å²) in [6, 6.07) is 7.63. The molecule has 0 aliphatic rings. The number of rotatable bonds is 5. The number of carbonyl (C=O) groups is 2. The van der Waals surface area contributed by atoms with Crippen molar-refractivity contribution in [1.29, 1.82) is 0 Å². The van der Waals surface area contributed by atoms with Crippen LogP contribution in [0.25, 0.3) is 0 Å². The van der Waals surface area contributed by atoms with E-state index in [0.717, 1.165) is 11.1 Å². The minimum atomic E-state index is -0.463. The number of ether oxygens (including phenoxy) is 2. The van der Waals surface area contributed by atoms with Crippen LogP contribution >= 0.6 is 0 Å². The van der Waals surface area contributed by atoms with Gasteiger partial charge in [-0.3, -0.25) is 9.59 Å². The summed E-state index contributed by atoms with van der Waals surface area (Å²) in [5.41, 5.74) is 5.98. The van der Waals surface area contributed by atoms with Crippen LogP contribution in [0, 0.1) is 5.92 Å². The van der Waals surface area contributed by atoms with Crippen LogP contribution in [0.3, 0.4) is 0 Å². The van der Waals surface area contributed by atoms with Gasteiger partial charge in [0.25, 0.3) is 0 Å². The van der Waals surface area contributed by atoms with Crippen molar-refractivity contribution >= 4 is 11.9 Å². The van der Waals surface area contributed by atoms with Crippen LogP contribution in [0.4, 0.5) is 0 Å². The Morgan fingerprint density at radius 3 is 2.00 bits per heavy atom. The molecule has 0 aromatic heterocycles. The fraction of sp³-hybridized carbons (Fsp3) is 0.556. The third-order valence-corrected chi connectivity index (χ3v) is 2.95. The summed E-state index contributed by atoms with van der Waals surface area (Å²) < 4.78 is 9.99. The lowest BCUT2D eigenvalue weighted by atomic mass is 9.99. The Morgan fingerprint density at radius 1 is 1.09 bits per heavy atom. The lowest BCUT2D eigenvalue weighted by Crippen LogP contribution is -2.28. The number of nitrogens with two attached hydrogens (primary N) is 1. The highest BCUT2D eigenvalue weighted by Gasteiger charge is 2.21. The van der Waals surface area contributed by atoms with Crippen LogP contribution in [0.2, 0.25) is 0 Å². The Balaban J connectivity index is 0.00000232. The normalized spacial score (nSPS) is 11.8. The fourth-order valence-corrected chi connectivity index (χ4v) is 1.87. The lowest BCUT2D eigenvalue weighted by molar-refractivity contribution is -0.159. The molecule has 0 saturated heterocycles. The monoisotopic (exact) mass is 323 g/mol. The molecule has 1 unspecified atom stereocenters. The highest BCUT2D eigenvalue weighted by atomic mass is 16.6. The zero-order chi connectivity index (χ0) is 18.0. The van der Waals surface area contributed by atoms with Gasteiger partial charge in [0, 0.05) is 0 Å². The molecule has 5 nitrogen and oxygen atoms in total. The largest absolute Gasteiger partial charge is 0.469 e. The molecule has 2 N–H and O–H groups in total. The van der Waals surface area contributed by atoms with Crippen molar-refractivity contribution in [3.8, 4) is 0 Å². The van der Waals surface area contributed by atoms with Gasteiger partial charge in [-0.15, -0.1) is 0 Å². The Kier molecular flexibility index (Phi) is 9.18. The first kappa shape index (κ1) is 21.1. The number of carbonyl (C=O) groups excluding carboxylic acids is 2. The third-order valence-electron chi connectivity index (χ3n) is 2.95. The second-order valence-corrected chi connectivity index (χ2v) is 6.21. The number of methoxy groups -OCH3 is 1. The van der Waals surface area contributed by atoms with Gasteiger partial charge in [-0.25, -0.2) is 0 Å². The van der Waals surface area contributed by atoms with E-state index in [9.17, 15) is 9.59 Å². The summed E-state index contributed by atoms with van der Waals surface area (Å²) in [6.45, 7) is 7.44. The van der Waals surface area contributed by atoms with Crippen molar-refractivity contribution in [2.45, 2.75) is 46.1 Å². The highest BCUT2D eigenvalue weighted by molar-refractivity contribution is 5.73. The molecular formula is C18H29NO4. The van der Waals surface area contributed by atoms with E-state index >= 15 is 0 Å². The average molecular weight is 323 g/mol. The van der Waals surface area contributed by atoms with Gasteiger partial charge in [0.1, 0.15) is 5.60 Å². The molecule has 0 aliphatic heterocycles. The van der Waals surface area contributed by atoms with Crippen molar-refractivity contribution in [1.82, 2.24) is 0 Å². The van der Waals surface area contributed by atoms with Gasteiger partial charge in [0.05, 0.1) is 19.4 Å². The molecule has 0 amide bonds. The van der Waals surface area contributed by atoms with E-state index in [1.54, 1.807) is 0 Å². The SMILES string of the molecule is CN.COC(=O)Cc1ccc(CC(C)C(=O)OC(C)(C)C)cc1. The summed E-state index contributed by atoms with van der Waals surface area (Å²) in [4.78, 5) is 23.1. The number of hydrogen-bond donors (Lipinski definition) is 1. The van der Waals surface area contributed by atoms with E-state index in [1.165, 1.54) is 14.2 Å². The van der Waals surface area contributed by atoms with Crippen molar-refractivity contribution in [3.63, 3.8) is 0 Å². The van der Waals surface area contributed by atoms with E-state index < -0.39 is 5.60 Å². The molecule has 130 valence electrons. The maximum atomic E-state index is 11.9. The van der Waals surface area contributed by atoms with Crippen molar-refractivity contribution < 1.29 is 19.1 Å². The van der Waals surface area contributed by atoms with Gasteiger partial charge in [-0.05, 0) is 45.4 Å². The lowest BCUT2D eigenvalue weighted by Gasteiger charge is -2.22. The second kappa shape index (κ2) is 10.0. The van der Waals surface area contributed by atoms with E-state index in [4.69, 9.17) is 4.74 Å². The first-order chi connectivity index (χ1) is 10.7. The summed E-state index contributed by atoms with van der Waals surface area (Å²) in [5.74, 6) is -0.651. The van der Waals surface area contributed by atoms with E-state index in [2.05, 4.69) is 10.5 Å². The van der Waals surface area contributed by atoms with Gasteiger partial charge < -0.3 is 15.2 Å².